The molecular weight excluding hydrogens is 229 g/mol. The van der Waals surface area contributed by atoms with E-state index in [0.717, 1.165) is 25.7 Å². The first-order chi connectivity index (χ1) is 8.61. The molecule has 1 aliphatic rings. The van der Waals surface area contributed by atoms with Gasteiger partial charge in [-0.2, -0.15) is 0 Å². The molecule has 0 aliphatic carbocycles. The lowest BCUT2D eigenvalue weighted by molar-refractivity contribution is -0.132. The third-order valence-corrected chi connectivity index (χ3v) is 3.22. The lowest BCUT2D eigenvalue weighted by atomic mass is 10.1. The molecule has 0 aromatic carbocycles. The van der Waals surface area contributed by atoms with E-state index < -0.39 is 0 Å². The highest BCUT2D eigenvalue weighted by Gasteiger charge is 2.12. The van der Waals surface area contributed by atoms with Crippen LogP contribution < -0.4 is 5.84 Å². The van der Waals surface area contributed by atoms with Crippen LogP contribution in [-0.2, 0) is 9.59 Å². The summed E-state index contributed by atoms with van der Waals surface area (Å²) >= 11 is 0. The van der Waals surface area contributed by atoms with E-state index in [1.807, 2.05) is 0 Å². The summed E-state index contributed by atoms with van der Waals surface area (Å²) in [6.45, 7) is 1.23. The summed E-state index contributed by atoms with van der Waals surface area (Å²) in [6, 6.07) is 0. The van der Waals surface area contributed by atoms with Crippen LogP contribution in [0.15, 0.2) is 0 Å². The van der Waals surface area contributed by atoms with E-state index in [1.54, 1.807) is 0 Å². The quantitative estimate of drug-likeness (QED) is 0.392. The molecule has 18 heavy (non-hydrogen) atoms. The Morgan fingerprint density at radius 2 is 1.39 bits per heavy atom. The standard InChI is InChI=1S/C12H22BN3O2/c13-15-9-5-1-2-6-10-16(14)12(18)8-4-3-7-11(15)17/h1-10,14H2. The van der Waals surface area contributed by atoms with E-state index in [2.05, 4.69) is 0 Å². The maximum absolute atomic E-state index is 11.6. The predicted molar refractivity (Wildman–Crippen MR) is 70.3 cm³/mol. The smallest absolute Gasteiger partial charge is 0.236 e. The number of carbonyl (C=O) groups is 2. The molecule has 2 radical (unpaired) electrons. The van der Waals surface area contributed by atoms with Gasteiger partial charge >= 0.3 is 0 Å². The first kappa shape index (κ1) is 15.0. The van der Waals surface area contributed by atoms with Crippen LogP contribution in [-0.4, -0.2) is 42.7 Å². The van der Waals surface area contributed by atoms with Crippen molar-refractivity contribution in [1.29, 1.82) is 0 Å². The second-order valence-electron chi connectivity index (χ2n) is 4.80. The minimum atomic E-state index is -0.0379. The molecule has 2 N–H and O–H groups in total. The molecule has 0 aromatic heterocycles. The van der Waals surface area contributed by atoms with Gasteiger partial charge in [-0.05, 0) is 25.7 Å². The van der Waals surface area contributed by atoms with Gasteiger partial charge in [0.25, 0.3) is 0 Å². The summed E-state index contributed by atoms with van der Waals surface area (Å²) in [6.07, 6.45) is 6.01. The molecule has 0 bridgehead atoms. The Morgan fingerprint density at radius 3 is 2.06 bits per heavy atom. The Hall–Kier alpha value is -1.04. The second-order valence-corrected chi connectivity index (χ2v) is 4.80. The van der Waals surface area contributed by atoms with E-state index in [9.17, 15) is 9.59 Å². The molecule has 5 nitrogen and oxygen atoms in total. The third kappa shape index (κ3) is 5.53. The van der Waals surface area contributed by atoms with Crippen LogP contribution in [0.5, 0.6) is 0 Å². The predicted octanol–water partition coefficient (Wildman–Crippen LogP) is 0.735. The number of rotatable bonds is 0. The molecule has 1 fully saturated rings. The Balaban J connectivity index is 2.42. The van der Waals surface area contributed by atoms with Crippen LogP contribution in [0.25, 0.3) is 0 Å². The SMILES string of the molecule is [B]N1CCCCCCN(N)C(=O)CCCCC1=O. The van der Waals surface area contributed by atoms with Crippen LogP contribution in [0, 0.1) is 0 Å². The number of nitrogens with two attached hydrogens (primary N) is 1. The largest absolute Gasteiger partial charge is 0.397 e. The first-order valence-corrected chi connectivity index (χ1v) is 6.71. The van der Waals surface area contributed by atoms with Gasteiger partial charge in [0, 0.05) is 25.9 Å². The maximum atomic E-state index is 11.6. The Labute approximate surface area is 110 Å². The van der Waals surface area contributed by atoms with E-state index in [0.29, 0.717) is 38.8 Å². The summed E-state index contributed by atoms with van der Waals surface area (Å²) < 4.78 is 0. The van der Waals surface area contributed by atoms with Gasteiger partial charge in [0.15, 0.2) is 0 Å². The van der Waals surface area contributed by atoms with Gasteiger partial charge in [-0.15, -0.1) is 0 Å². The molecule has 100 valence electrons. The third-order valence-electron chi connectivity index (χ3n) is 3.22. The number of hydrogen-bond donors (Lipinski definition) is 1. The highest BCUT2D eigenvalue weighted by Crippen LogP contribution is 2.08. The fourth-order valence-electron chi connectivity index (χ4n) is 2.01. The van der Waals surface area contributed by atoms with Gasteiger partial charge in [-0.1, -0.05) is 12.8 Å². The average Bonchev–Trinajstić information content (AvgIpc) is 2.36. The van der Waals surface area contributed by atoms with Gasteiger partial charge in [0.1, 0.15) is 0 Å². The highest BCUT2D eigenvalue weighted by atomic mass is 16.2. The molecule has 0 spiro atoms. The van der Waals surface area contributed by atoms with Crippen molar-refractivity contribution in [2.45, 2.75) is 51.4 Å². The van der Waals surface area contributed by atoms with Crippen LogP contribution >= 0.6 is 0 Å². The zero-order valence-electron chi connectivity index (χ0n) is 10.9. The van der Waals surface area contributed by atoms with Crippen molar-refractivity contribution in [2.75, 3.05) is 13.1 Å². The molecule has 1 rings (SSSR count). The minimum Gasteiger partial charge on any atom is -0.397 e. The fourth-order valence-corrected chi connectivity index (χ4v) is 2.01. The number of nitrogens with zero attached hydrogens (tertiary/aromatic N) is 2. The molecule has 0 unspecified atom stereocenters. The van der Waals surface area contributed by atoms with E-state index in [-0.39, 0.29) is 11.8 Å². The molecule has 0 atom stereocenters. The van der Waals surface area contributed by atoms with E-state index in [1.165, 1.54) is 9.82 Å². The Morgan fingerprint density at radius 1 is 0.833 bits per heavy atom. The van der Waals surface area contributed by atoms with Crippen molar-refractivity contribution in [2.24, 2.45) is 5.84 Å². The average molecular weight is 251 g/mol. The zero-order valence-corrected chi connectivity index (χ0v) is 10.9. The molecule has 2 amide bonds. The van der Waals surface area contributed by atoms with Crippen molar-refractivity contribution < 1.29 is 9.59 Å². The number of amides is 2. The van der Waals surface area contributed by atoms with Crippen molar-refractivity contribution in [1.82, 2.24) is 9.82 Å². The first-order valence-electron chi connectivity index (χ1n) is 6.71. The van der Waals surface area contributed by atoms with E-state index in [4.69, 9.17) is 13.8 Å². The fraction of sp³-hybridized carbons (Fsp3) is 0.833. The number of hydrogen-bond acceptors (Lipinski definition) is 3. The van der Waals surface area contributed by atoms with Crippen LogP contribution in [0.3, 0.4) is 0 Å². The maximum Gasteiger partial charge on any atom is 0.236 e. The summed E-state index contributed by atoms with van der Waals surface area (Å²) in [7, 11) is 5.67. The lowest BCUT2D eigenvalue weighted by Gasteiger charge is -2.20. The van der Waals surface area contributed by atoms with E-state index >= 15 is 0 Å². The number of carbonyl (C=O) groups excluding carboxylic acids is 2. The molecule has 1 aliphatic heterocycles. The Kier molecular flexibility index (Phi) is 6.79. The van der Waals surface area contributed by atoms with Crippen molar-refractivity contribution >= 4 is 19.8 Å². The number of hydrazine groups is 1. The second kappa shape index (κ2) is 8.13. The van der Waals surface area contributed by atoms with Gasteiger partial charge in [-0.25, -0.2) is 5.84 Å². The molecule has 0 aromatic rings. The van der Waals surface area contributed by atoms with Crippen LogP contribution in [0.4, 0.5) is 0 Å². The summed E-state index contributed by atoms with van der Waals surface area (Å²) in [5.41, 5.74) is 0. The van der Waals surface area contributed by atoms with Crippen molar-refractivity contribution in [3.8, 4) is 0 Å². The minimum absolute atomic E-state index is 0.0379. The van der Waals surface area contributed by atoms with Crippen LogP contribution in [0.2, 0.25) is 0 Å². The van der Waals surface area contributed by atoms with Gasteiger partial charge in [-0.3, -0.25) is 14.6 Å². The van der Waals surface area contributed by atoms with Crippen LogP contribution in [0.1, 0.15) is 51.4 Å². The zero-order chi connectivity index (χ0) is 13.4. The molecule has 1 saturated heterocycles. The summed E-state index contributed by atoms with van der Waals surface area (Å²) in [4.78, 5) is 24.5. The molecule has 6 heteroatoms. The van der Waals surface area contributed by atoms with Gasteiger partial charge in [0.05, 0.1) is 0 Å². The Bertz CT molecular complexity index is 258. The van der Waals surface area contributed by atoms with Gasteiger partial charge < -0.3 is 4.81 Å². The molecule has 1 heterocycles. The summed E-state index contributed by atoms with van der Waals surface area (Å²) in [5, 5.41) is 1.31. The van der Waals surface area contributed by atoms with Gasteiger partial charge in [0.2, 0.25) is 19.8 Å². The normalized spacial score (nSPS) is 21.8. The van der Waals surface area contributed by atoms with Crippen molar-refractivity contribution in [3.05, 3.63) is 0 Å². The molecule has 0 saturated carbocycles. The highest BCUT2D eigenvalue weighted by molar-refractivity contribution is 6.14. The lowest BCUT2D eigenvalue weighted by Crippen LogP contribution is -2.38. The summed E-state index contributed by atoms with van der Waals surface area (Å²) in [5.74, 6) is 5.59. The monoisotopic (exact) mass is 251 g/mol. The molecular formula is C12H22BN3O2. The topological polar surface area (TPSA) is 66.6 Å². The van der Waals surface area contributed by atoms with Crippen molar-refractivity contribution in [3.63, 3.8) is 0 Å².